The second-order valence-corrected chi connectivity index (χ2v) is 3.79. The molecular weight excluding hydrogens is 190 g/mol. The largest absolute Gasteiger partial charge is 0.387 e. The SMILES string of the molecule is Cn1nccc1C(O)CC1CC1(F)F. The molecule has 2 unspecified atom stereocenters. The summed E-state index contributed by atoms with van der Waals surface area (Å²) in [5.74, 6) is -3.22. The van der Waals surface area contributed by atoms with Gasteiger partial charge in [0.05, 0.1) is 11.8 Å². The highest BCUT2D eigenvalue weighted by Crippen LogP contribution is 2.52. The number of rotatable bonds is 3. The van der Waals surface area contributed by atoms with Gasteiger partial charge in [-0.1, -0.05) is 0 Å². The molecule has 0 saturated heterocycles. The zero-order chi connectivity index (χ0) is 10.3. The third kappa shape index (κ3) is 1.64. The lowest BCUT2D eigenvalue weighted by Crippen LogP contribution is -2.07. The van der Waals surface area contributed by atoms with E-state index >= 15 is 0 Å². The van der Waals surface area contributed by atoms with Crippen LogP contribution in [0.5, 0.6) is 0 Å². The number of hydrogen-bond donors (Lipinski definition) is 1. The normalized spacial score (nSPS) is 26.1. The van der Waals surface area contributed by atoms with Gasteiger partial charge in [0.2, 0.25) is 0 Å². The van der Waals surface area contributed by atoms with Gasteiger partial charge in [-0.15, -0.1) is 0 Å². The maximum absolute atomic E-state index is 12.6. The Morgan fingerprint density at radius 2 is 2.43 bits per heavy atom. The maximum Gasteiger partial charge on any atom is 0.251 e. The Labute approximate surface area is 80.3 Å². The first-order valence-corrected chi connectivity index (χ1v) is 4.54. The molecule has 0 radical (unpaired) electrons. The van der Waals surface area contributed by atoms with Crippen molar-refractivity contribution >= 4 is 0 Å². The van der Waals surface area contributed by atoms with Crippen LogP contribution in [0, 0.1) is 5.92 Å². The van der Waals surface area contributed by atoms with Gasteiger partial charge >= 0.3 is 0 Å². The number of aromatic nitrogens is 2. The predicted octanol–water partition coefficient (Wildman–Crippen LogP) is 1.50. The molecule has 78 valence electrons. The van der Waals surface area contributed by atoms with Crippen molar-refractivity contribution in [1.82, 2.24) is 9.78 Å². The van der Waals surface area contributed by atoms with E-state index in [1.165, 1.54) is 4.68 Å². The number of hydrogen-bond acceptors (Lipinski definition) is 2. The van der Waals surface area contributed by atoms with Crippen LogP contribution in [0.25, 0.3) is 0 Å². The number of alkyl halides is 2. The Kier molecular flexibility index (Phi) is 2.06. The van der Waals surface area contributed by atoms with Gasteiger partial charge < -0.3 is 5.11 Å². The molecule has 2 atom stereocenters. The van der Waals surface area contributed by atoms with E-state index in [4.69, 9.17) is 0 Å². The number of nitrogens with zero attached hydrogens (tertiary/aromatic N) is 2. The quantitative estimate of drug-likeness (QED) is 0.806. The number of aliphatic hydroxyl groups is 1. The summed E-state index contributed by atoms with van der Waals surface area (Å²) in [6.45, 7) is 0. The van der Waals surface area contributed by atoms with Gasteiger partial charge in [0.1, 0.15) is 0 Å². The topological polar surface area (TPSA) is 38.0 Å². The second-order valence-electron chi connectivity index (χ2n) is 3.79. The van der Waals surface area contributed by atoms with E-state index in [0.29, 0.717) is 5.69 Å². The Balaban J connectivity index is 1.97. The molecule has 3 nitrogen and oxygen atoms in total. The van der Waals surface area contributed by atoms with Crippen molar-refractivity contribution in [2.45, 2.75) is 24.9 Å². The molecule has 14 heavy (non-hydrogen) atoms. The summed E-state index contributed by atoms with van der Waals surface area (Å²) in [7, 11) is 1.68. The Morgan fingerprint density at radius 1 is 1.79 bits per heavy atom. The van der Waals surface area contributed by atoms with Gasteiger partial charge in [-0.2, -0.15) is 5.10 Å². The van der Waals surface area contributed by atoms with Crippen molar-refractivity contribution in [3.63, 3.8) is 0 Å². The standard InChI is InChI=1S/C9H12F2N2O/c1-13-7(2-3-12-13)8(14)4-6-5-9(6,10)11/h2-3,6,8,14H,4-5H2,1H3. The monoisotopic (exact) mass is 202 g/mol. The lowest BCUT2D eigenvalue weighted by Gasteiger charge is -2.09. The summed E-state index contributed by atoms with van der Waals surface area (Å²) >= 11 is 0. The van der Waals surface area contributed by atoms with Crippen molar-refractivity contribution in [3.8, 4) is 0 Å². The van der Waals surface area contributed by atoms with Crippen molar-refractivity contribution in [1.29, 1.82) is 0 Å². The highest BCUT2D eigenvalue weighted by Gasteiger charge is 2.57. The minimum Gasteiger partial charge on any atom is -0.387 e. The van der Waals surface area contributed by atoms with Gasteiger partial charge in [-0.05, 0) is 12.5 Å². The molecule has 2 rings (SSSR count). The fourth-order valence-electron chi connectivity index (χ4n) is 1.63. The Hall–Kier alpha value is -0.970. The highest BCUT2D eigenvalue weighted by atomic mass is 19.3. The first-order chi connectivity index (χ1) is 6.50. The number of aliphatic hydroxyl groups excluding tert-OH is 1. The summed E-state index contributed by atoms with van der Waals surface area (Å²) in [5, 5.41) is 13.5. The molecule has 0 aliphatic heterocycles. The first kappa shape index (κ1) is 9.58. The van der Waals surface area contributed by atoms with Gasteiger partial charge in [0, 0.05) is 25.6 Å². The zero-order valence-corrected chi connectivity index (χ0v) is 7.82. The summed E-state index contributed by atoms with van der Waals surface area (Å²) in [5.41, 5.74) is 0.590. The van der Waals surface area contributed by atoms with Crippen LogP contribution < -0.4 is 0 Å². The molecule has 0 aromatic carbocycles. The van der Waals surface area contributed by atoms with E-state index in [9.17, 15) is 13.9 Å². The van der Waals surface area contributed by atoms with E-state index < -0.39 is 17.9 Å². The minimum atomic E-state index is -2.56. The molecule has 0 bridgehead atoms. The van der Waals surface area contributed by atoms with Crippen LogP contribution >= 0.6 is 0 Å². The molecule has 1 heterocycles. The molecule has 1 aromatic rings. The van der Waals surface area contributed by atoms with Gasteiger partial charge in [0.15, 0.2) is 0 Å². The van der Waals surface area contributed by atoms with Gasteiger partial charge in [-0.25, -0.2) is 8.78 Å². The Bertz CT molecular complexity index is 337. The number of halogens is 2. The van der Waals surface area contributed by atoms with Gasteiger partial charge in [-0.3, -0.25) is 4.68 Å². The van der Waals surface area contributed by atoms with E-state index in [1.54, 1.807) is 19.3 Å². The molecule has 0 spiro atoms. The molecule has 1 N–H and O–H groups in total. The van der Waals surface area contributed by atoms with Crippen LogP contribution in [0.15, 0.2) is 12.3 Å². The second kappa shape index (κ2) is 3.02. The smallest absolute Gasteiger partial charge is 0.251 e. The van der Waals surface area contributed by atoms with E-state index in [-0.39, 0.29) is 12.8 Å². The minimum absolute atomic E-state index is 0.0953. The predicted molar refractivity (Wildman–Crippen MR) is 45.8 cm³/mol. The van der Waals surface area contributed by atoms with Crippen molar-refractivity contribution in [2.24, 2.45) is 13.0 Å². The van der Waals surface area contributed by atoms with Crippen LogP contribution in [-0.2, 0) is 7.05 Å². The van der Waals surface area contributed by atoms with Crippen LogP contribution in [0.3, 0.4) is 0 Å². The molecule has 5 heteroatoms. The van der Waals surface area contributed by atoms with Crippen molar-refractivity contribution < 1.29 is 13.9 Å². The molecule has 1 aliphatic rings. The van der Waals surface area contributed by atoms with E-state index in [2.05, 4.69) is 5.10 Å². The summed E-state index contributed by atoms with van der Waals surface area (Å²) in [4.78, 5) is 0. The molecule has 1 fully saturated rings. The van der Waals surface area contributed by atoms with Crippen molar-refractivity contribution in [3.05, 3.63) is 18.0 Å². The maximum atomic E-state index is 12.6. The van der Waals surface area contributed by atoms with Crippen LogP contribution in [0.4, 0.5) is 8.78 Å². The van der Waals surface area contributed by atoms with E-state index in [0.717, 1.165) is 0 Å². The molecule has 1 saturated carbocycles. The van der Waals surface area contributed by atoms with Crippen LogP contribution in [0.1, 0.15) is 24.6 Å². The Morgan fingerprint density at radius 3 is 2.86 bits per heavy atom. The zero-order valence-electron chi connectivity index (χ0n) is 7.82. The van der Waals surface area contributed by atoms with Crippen LogP contribution in [-0.4, -0.2) is 20.8 Å². The number of aryl methyl sites for hydroxylation is 1. The van der Waals surface area contributed by atoms with Gasteiger partial charge in [0.25, 0.3) is 5.92 Å². The highest BCUT2D eigenvalue weighted by molar-refractivity contribution is 5.07. The van der Waals surface area contributed by atoms with Crippen LogP contribution in [0.2, 0.25) is 0 Å². The average Bonchev–Trinajstić information content (AvgIpc) is 2.53. The summed E-state index contributed by atoms with van der Waals surface area (Å²) in [6, 6.07) is 1.64. The lowest BCUT2D eigenvalue weighted by atomic mass is 10.1. The molecule has 0 amide bonds. The first-order valence-electron chi connectivity index (χ1n) is 4.54. The van der Waals surface area contributed by atoms with Crippen molar-refractivity contribution in [2.75, 3.05) is 0 Å². The fraction of sp³-hybridized carbons (Fsp3) is 0.667. The molecular formula is C9H12F2N2O. The molecule has 1 aromatic heterocycles. The third-order valence-corrected chi connectivity index (χ3v) is 2.66. The average molecular weight is 202 g/mol. The molecule has 1 aliphatic carbocycles. The summed E-state index contributed by atoms with van der Waals surface area (Å²) in [6.07, 6.45) is 0.735. The van der Waals surface area contributed by atoms with E-state index in [1.807, 2.05) is 0 Å². The third-order valence-electron chi connectivity index (χ3n) is 2.66. The lowest BCUT2D eigenvalue weighted by molar-refractivity contribution is 0.0748. The summed E-state index contributed by atoms with van der Waals surface area (Å²) < 4.78 is 26.6. The fourth-order valence-corrected chi connectivity index (χ4v) is 1.63.